The van der Waals surface area contributed by atoms with Gasteiger partial charge in [-0.3, -0.25) is 14.3 Å². The first-order chi connectivity index (χ1) is 11.1. The number of carbonyl (C=O) groups is 2. The first-order valence-corrected chi connectivity index (χ1v) is 7.69. The molecule has 0 bridgehead atoms. The molecule has 1 amide bonds. The third-order valence-corrected chi connectivity index (χ3v) is 3.98. The monoisotopic (exact) mass is 347 g/mol. The predicted octanol–water partition coefficient (Wildman–Crippen LogP) is 2.26. The Morgan fingerprint density at radius 1 is 1.38 bits per heavy atom. The number of nitrogens with zero attached hydrogens (tertiary/aromatic N) is 3. The van der Waals surface area contributed by atoms with Crippen LogP contribution >= 0.6 is 0 Å². The van der Waals surface area contributed by atoms with Crippen molar-refractivity contribution in [2.75, 3.05) is 13.1 Å². The highest BCUT2D eigenvalue weighted by molar-refractivity contribution is 5.94. The normalized spacial score (nSPS) is 22.0. The molecule has 1 aliphatic heterocycles. The standard InChI is InChI=1S/C15H20F3N3O3/c1-9(2)5-21-7-11(4-19-21)13(22)20-6-10(14(23)24)3-12(8-20)15(16,17)18/h4,7,9-10,12H,3,5-6,8H2,1-2H3,(H,23,24)/t10-,12+/m1/s1. The Kier molecular flexibility index (Phi) is 5.19. The predicted molar refractivity (Wildman–Crippen MR) is 78.3 cm³/mol. The Morgan fingerprint density at radius 2 is 2.04 bits per heavy atom. The van der Waals surface area contributed by atoms with Crippen LogP contribution in [0.15, 0.2) is 12.4 Å². The lowest BCUT2D eigenvalue weighted by Crippen LogP contribution is -2.49. The average molecular weight is 347 g/mol. The van der Waals surface area contributed by atoms with Crippen LogP contribution in [-0.2, 0) is 11.3 Å². The molecule has 1 aromatic heterocycles. The fourth-order valence-corrected chi connectivity index (χ4v) is 2.81. The van der Waals surface area contributed by atoms with Gasteiger partial charge in [0.05, 0.1) is 23.6 Å². The molecule has 24 heavy (non-hydrogen) atoms. The van der Waals surface area contributed by atoms with E-state index in [0.29, 0.717) is 12.5 Å². The number of likely N-dealkylation sites (tertiary alicyclic amines) is 1. The number of carbonyl (C=O) groups excluding carboxylic acids is 1. The van der Waals surface area contributed by atoms with Crippen LogP contribution < -0.4 is 0 Å². The van der Waals surface area contributed by atoms with E-state index in [1.54, 1.807) is 4.68 Å². The number of alkyl halides is 3. The lowest BCUT2D eigenvalue weighted by molar-refractivity contribution is -0.191. The van der Waals surface area contributed by atoms with Gasteiger partial charge in [-0.1, -0.05) is 13.8 Å². The summed E-state index contributed by atoms with van der Waals surface area (Å²) in [4.78, 5) is 24.6. The summed E-state index contributed by atoms with van der Waals surface area (Å²) >= 11 is 0. The molecule has 2 heterocycles. The number of aliphatic carboxylic acids is 1. The molecule has 0 saturated carbocycles. The van der Waals surface area contributed by atoms with Crippen LogP contribution in [0.1, 0.15) is 30.6 Å². The van der Waals surface area contributed by atoms with Gasteiger partial charge in [-0.2, -0.15) is 18.3 Å². The molecule has 1 N–H and O–H groups in total. The van der Waals surface area contributed by atoms with Crippen molar-refractivity contribution in [3.8, 4) is 0 Å². The van der Waals surface area contributed by atoms with Crippen molar-refractivity contribution in [3.05, 3.63) is 18.0 Å². The van der Waals surface area contributed by atoms with E-state index in [1.165, 1.54) is 12.4 Å². The van der Waals surface area contributed by atoms with E-state index >= 15 is 0 Å². The molecule has 0 aromatic carbocycles. The molecule has 0 aliphatic carbocycles. The largest absolute Gasteiger partial charge is 0.481 e. The number of rotatable bonds is 4. The van der Waals surface area contributed by atoms with E-state index in [0.717, 1.165) is 4.90 Å². The van der Waals surface area contributed by atoms with Crippen molar-refractivity contribution in [2.45, 2.75) is 33.0 Å². The van der Waals surface area contributed by atoms with E-state index in [-0.39, 0.29) is 12.1 Å². The summed E-state index contributed by atoms with van der Waals surface area (Å²) in [6, 6.07) is 0. The van der Waals surface area contributed by atoms with Crippen LogP contribution in [-0.4, -0.2) is 50.9 Å². The second-order valence-corrected chi connectivity index (χ2v) is 6.56. The van der Waals surface area contributed by atoms with Crippen LogP contribution in [0.3, 0.4) is 0 Å². The fraction of sp³-hybridized carbons (Fsp3) is 0.667. The minimum absolute atomic E-state index is 0.169. The van der Waals surface area contributed by atoms with Gasteiger partial charge in [0.2, 0.25) is 0 Å². The molecule has 0 unspecified atom stereocenters. The molecule has 6 nitrogen and oxygen atoms in total. The number of amides is 1. The molecule has 2 rings (SSSR count). The Bertz CT molecular complexity index is 613. The van der Waals surface area contributed by atoms with Gasteiger partial charge < -0.3 is 10.0 Å². The highest BCUT2D eigenvalue weighted by Crippen LogP contribution is 2.35. The maximum atomic E-state index is 13.0. The summed E-state index contributed by atoms with van der Waals surface area (Å²) in [5, 5.41) is 13.1. The molecule has 134 valence electrons. The molecule has 1 aromatic rings. The number of aromatic nitrogens is 2. The zero-order valence-corrected chi connectivity index (χ0v) is 13.5. The zero-order valence-electron chi connectivity index (χ0n) is 13.5. The van der Waals surface area contributed by atoms with Gasteiger partial charge in [0, 0.05) is 25.8 Å². The van der Waals surface area contributed by atoms with E-state index in [4.69, 9.17) is 5.11 Å². The Hall–Kier alpha value is -2.06. The number of piperidine rings is 1. The second kappa shape index (κ2) is 6.82. The summed E-state index contributed by atoms with van der Waals surface area (Å²) in [6.07, 6.45) is -2.25. The topological polar surface area (TPSA) is 75.4 Å². The van der Waals surface area contributed by atoms with E-state index in [9.17, 15) is 22.8 Å². The molecular weight excluding hydrogens is 327 g/mol. The first kappa shape index (κ1) is 18.3. The lowest BCUT2D eigenvalue weighted by atomic mass is 9.88. The molecule has 1 fully saturated rings. The van der Waals surface area contributed by atoms with Gasteiger partial charge in [-0.25, -0.2) is 0 Å². The quantitative estimate of drug-likeness (QED) is 0.907. The average Bonchev–Trinajstić information content (AvgIpc) is 2.92. The third-order valence-electron chi connectivity index (χ3n) is 3.98. The van der Waals surface area contributed by atoms with Crippen molar-refractivity contribution in [3.63, 3.8) is 0 Å². The molecule has 1 saturated heterocycles. The van der Waals surface area contributed by atoms with Crippen molar-refractivity contribution in [1.82, 2.24) is 14.7 Å². The van der Waals surface area contributed by atoms with Gasteiger partial charge in [0.15, 0.2) is 0 Å². The molecule has 9 heteroatoms. The number of carboxylic acid groups (broad SMARTS) is 1. The molecule has 2 atom stereocenters. The molecule has 0 radical (unpaired) electrons. The summed E-state index contributed by atoms with van der Waals surface area (Å²) in [7, 11) is 0. The Morgan fingerprint density at radius 3 is 2.58 bits per heavy atom. The van der Waals surface area contributed by atoms with Gasteiger partial charge in [-0.15, -0.1) is 0 Å². The summed E-state index contributed by atoms with van der Waals surface area (Å²) in [5.41, 5.74) is 0.169. The van der Waals surface area contributed by atoms with Crippen LogP contribution in [0.4, 0.5) is 13.2 Å². The summed E-state index contributed by atoms with van der Waals surface area (Å²) in [5.74, 6) is -4.70. The van der Waals surface area contributed by atoms with Gasteiger partial charge >= 0.3 is 12.1 Å². The van der Waals surface area contributed by atoms with Crippen LogP contribution in [0.5, 0.6) is 0 Å². The van der Waals surface area contributed by atoms with E-state index < -0.39 is 42.9 Å². The van der Waals surface area contributed by atoms with Gasteiger partial charge in [0.1, 0.15) is 0 Å². The van der Waals surface area contributed by atoms with Crippen LogP contribution in [0.2, 0.25) is 0 Å². The highest BCUT2D eigenvalue weighted by atomic mass is 19.4. The minimum atomic E-state index is -4.53. The van der Waals surface area contributed by atoms with Crippen molar-refractivity contribution in [2.24, 2.45) is 17.8 Å². The van der Waals surface area contributed by atoms with E-state index in [2.05, 4.69) is 5.10 Å². The van der Waals surface area contributed by atoms with E-state index in [1.807, 2.05) is 13.8 Å². The third kappa shape index (κ3) is 4.27. The number of hydrogen-bond donors (Lipinski definition) is 1. The van der Waals surface area contributed by atoms with Crippen LogP contribution in [0, 0.1) is 17.8 Å². The molecule has 0 spiro atoms. The van der Waals surface area contributed by atoms with Crippen molar-refractivity contribution >= 4 is 11.9 Å². The lowest BCUT2D eigenvalue weighted by Gasteiger charge is -2.36. The second-order valence-electron chi connectivity index (χ2n) is 6.56. The van der Waals surface area contributed by atoms with Crippen LogP contribution in [0.25, 0.3) is 0 Å². The SMILES string of the molecule is CC(C)Cn1cc(C(=O)N2C[C@H](C(=O)O)C[C@H](C(F)(F)F)C2)cn1. The number of hydrogen-bond acceptors (Lipinski definition) is 3. The summed E-state index contributed by atoms with van der Waals surface area (Å²) < 4.78 is 40.6. The maximum Gasteiger partial charge on any atom is 0.393 e. The minimum Gasteiger partial charge on any atom is -0.481 e. The number of halogens is 3. The summed E-state index contributed by atoms with van der Waals surface area (Å²) in [6.45, 7) is 3.77. The molecule has 1 aliphatic rings. The smallest absolute Gasteiger partial charge is 0.393 e. The van der Waals surface area contributed by atoms with Gasteiger partial charge in [-0.05, 0) is 12.3 Å². The zero-order chi connectivity index (χ0) is 18.1. The van der Waals surface area contributed by atoms with Crippen molar-refractivity contribution < 1.29 is 27.9 Å². The fourth-order valence-electron chi connectivity index (χ4n) is 2.81. The van der Waals surface area contributed by atoms with Gasteiger partial charge in [0.25, 0.3) is 5.91 Å². The first-order valence-electron chi connectivity index (χ1n) is 7.69. The Balaban J connectivity index is 2.17. The molecular formula is C15H20F3N3O3. The maximum absolute atomic E-state index is 13.0. The highest BCUT2D eigenvalue weighted by Gasteiger charge is 2.47. The Labute approximate surface area is 137 Å². The van der Waals surface area contributed by atoms with Crippen molar-refractivity contribution in [1.29, 1.82) is 0 Å². The number of carboxylic acids is 1.